The van der Waals surface area contributed by atoms with Crippen LogP contribution in [0.25, 0.3) is 59.7 Å². The molecule has 0 saturated carbocycles. The molecule has 0 amide bonds. The molecule has 60 heavy (non-hydrogen) atoms. The number of fused-ring (bicyclic) bond motifs is 5. The fourth-order valence-corrected chi connectivity index (χ4v) is 11.2. The maximum Gasteiger partial charge on any atom is 0.147 e. The lowest BCUT2D eigenvalue weighted by Crippen LogP contribution is -2.09. The summed E-state index contributed by atoms with van der Waals surface area (Å²) in [4.78, 5) is 4.59. The average Bonchev–Trinajstić information content (AvgIpc) is 3.85. The van der Waals surface area contributed by atoms with E-state index in [0.717, 1.165) is 56.4 Å². The normalized spacial score (nSPS) is 11.6. The Labute approximate surface area is 350 Å². The number of hydrogen-bond donors (Lipinski definition) is 0. The van der Waals surface area contributed by atoms with Gasteiger partial charge in [-0.05, 0) is 125 Å². The fourth-order valence-electron chi connectivity index (χ4n) is 8.53. The number of para-hydroxylation sites is 4. The molecule has 0 radical (unpaired) electrons. The molecule has 1 unspecified atom stereocenters. The number of anilines is 6. The second-order valence-electron chi connectivity index (χ2n) is 15.0. The summed E-state index contributed by atoms with van der Waals surface area (Å²) in [5.74, 6) is 0. The summed E-state index contributed by atoms with van der Waals surface area (Å²) in [6, 6.07) is 84.6. The summed E-state index contributed by atoms with van der Waals surface area (Å²) in [7, 11) is -0.807. The zero-order chi connectivity index (χ0) is 39.8. The van der Waals surface area contributed by atoms with Gasteiger partial charge in [-0.1, -0.05) is 147 Å². The predicted octanol–water partition coefficient (Wildman–Crippen LogP) is 17.0. The number of furan rings is 1. The minimum absolute atomic E-state index is 0.807. The summed E-state index contributed by atoms with van der Waals surface area (Å²) >= 11 is 0. The molecular weight excluding hydrogens is 748 g/mol. The maximum absolute atomic E-state index is 6.97. The van der Waals surface area contributed by atoms with Crippen LogP contribution < -0.4 is 9.80 Å². The van der Waals surface area contributed by atoms with Crippen LogP contribution in [0.4, 0.5) is 34.1 Å². The van der Waals surface area contributed by atoms with E-state index in [0.29, 0.717) is 0 Å². The molecule has 4 heteroatoms. The van der Waals surface area contributed by atoms with Gasteiger partial charge in [0.2, 0.25) is 0 Å². The lowest BCUT2D eigenvalue weighted by molar-refractivity contribution is 0.673. The highest BCUT2D eigenvalue weighted by Crippen LogP contribution is 2.58. The number of benzene rings is 9. The lowest BCUT2D eigenvalue weighted by atomic mass is 10.0. The second kappa shape index (κ2) is 15.3. The van der Waals surface area contributed by atoms with Crippen molar-refractivity contribution >= 4 is 73.8 Å². The molecular formula is C56H39N2OP. The van der Waals surface area contributed by atoms with Crippen LogP contribution in [0.1, 0.15) is 0 Å². The Balaban J connectivity index is 0.984. The molecule has 0 fully saturated rings. The summed E-state index contributed by atoms with van der Waals surface area (Å²) in [5.41, 5.74) is 13.2. The van der Waals surface area contributed by atoms with Gasteiger partial charge in [-0.25, -0.2) is 0 Å². The van der Waals surface area contributed by atoms with Crippen molar-refractivity contribution in [1.29, 1.82) is 0 Å². The van der Waals surface area contributed by atoms with Crippen LogP contribution in [-0.4, -0.2) is 0 Å². The van der Waals surface area contributed by atoms with E-state index in [1.165, 1.54) is 37.4 Å². The van der Waals surface area contributed by atoms with Crippen LogP contribution in [0.15, 0.2) is 241 Å². The van der Waals surface area contributed by atoms with Crippen molar-refractivity contribution in [2.45, 2.75) is 0 Å². The molecule has 11 aromatic rings. The van der Waals surface area contributed by atoms with E-state index < -0.39 is 7.53 Å². The summed E-state index contributed by atoms with van der Waals surface area (Å²) in [6.07, 6.45) is 0. The lowest BCUT2D eigenvalue weighted by Gasteiger charge is -2.25. The Morgan fingerprint density at radius 3 is 1.17 bits per heavy atom. The zero-order valence-corrected chi connectivity index (χ0v) is 33.7. The largest absolute Gasteiger partial charge is 0.455 e. The molecule has 0 saturated heterocycles. The van der Waals surface area contributed by atoms with Gasteiger partial charge in [0.15, 0.2) is 0 Å². The number of hydrogen-bond acceptors (Lipinski definition) is 3. The molecule has 2 aromatic heterocycles. The van der Waals surface area contributed by atoms with Crippen molar-refractivity contribution in [2.24, 2.45) is 0 Å². The molecule has 0 aliphatic rings. The Morgan fingerprint density at radius 1 is 0.317 bits per heavy atom. The first-order valence-electron chi connectivity index (χ1n) is 20.3. The van der Waals surface area contributed by atoms with E-state index in [2.05, 4.69) is 246 Å². The summed E-state index contributed by atoms with van der Waals surface area (Å²) in [6.45, 7) is 0. The Kier molecular flexibility index (Phi) is 9.07. The molecule has 9 aromatic carbocycles. The first kappa shape index (κ1) is 35.6. The number of rotatable bonds is 9. The first-order chi connectivity index (χ1) is 29.8. The van der Waals surface area contributed by atoms with Crippen molar-refractivity contribution in [2.75, 3.05) is 9.80 Å². The van der Waals surface area contributed by atoms with Crippen LogP contribution in [0.5, 0.6) is 0 Å². The van der Waals surface area contributed by atoms with Gasteiger partial charge in [0.25, 0.3) is 0 Å². The molecule has 0 aliphatic heterocycles. The van der Waals surface area contributed by atoms with Crippen molar-refractivity contribution in [3.63, 3.8) is 0 Å². The van der Waals surface area contributed by atoms with E-state index in [1.807, 2.05) is 0 Å². The highest BCUT2D eigenvalue weighted by Gasteiger charge is 2.22. The van der Waals surface area contributed by atoms with Crippen LogP contribution in [0.2, 0.25) is 0 Å². The number of nitrogens with zero attached hydrogens (tertiary/aromatic N) is 2. The van der Waals surface area contributed by atoms with Crippen molar-refractivity contribution in [3.8, 4) is 27.6 Å². The minimum Gasteiger partial charge on any atom is -0.455 e. The van der Waals surface area contributed by atoms with E-state index in [1.54, 1.807) is 0 Å². The molecule has 0 aliphatic carbocycles. The van der Waals surface area contributed by atoms with E-state index in [4.69, 9.17) is 4.42 Å². The van der Waals surface area contributed by atoms with Gasteiger partial charge in [-0.15, -0.1) is 0 Å². The predicted molar refractivity (Wildman–Crippen MR) is 256 cm³/mol. The van der Waals surface area contributed by atoms with E-state index in [9.17, 15) is 0 Å². The molecule has 0 N–H and O–H groups in total. The highest BCUT2D eigenvalue weighted by molar-refractivity contribution is 7.68. The minimum atomic E-state index is -0.807. The zero-order valence-electron chi connectivity index (χ0n) is 32.8. The molecule has 1 atom stereocenters. The molecule has 0 bridgehead atoms. The van der Waals surface area contributed by atoms with Crippen LogP contribution in [0, 0.1) is 0 Å². The van der Waals surface area contributed by atoms with Gasteiger partial charge < -0.3 is 14.2 Å². The third-order valence-corrected chi connectivity index (χ3v) is 13.9. The smallest absolute Gasteiger partial charge is 0.147 e. The monoisotopic (exact) mass is 786 g/mol. The summed E-state index contributed by atoms with van der Waals surface area (Å²) in [5, 5.41) is 6.34. The van der Waals surface area contributed by atoms with Gasteiger partial charge in [0.05, 0.1) is 5.12 Å². The van der Waals surface area contributed by atoms with Gasteiger partial charge in [0.1, 0.15) is 11.2 Å². The Bertz CT molecular complexity index is 3140. The van der Waals surface area contributed by atoms with Gasteiger partial charge in [-0.2, -0.15) is 0 Å². The third kappa shape index (κ3) is 6.43. The second-order valence-corrected chi connectivity index (χ2v) is 17.1. The molecule has 11 rings (SSSR count). The van der Waals surface area contributed by atoms with Crippen LogP contribution >= 0.6 is 7.53 Å². The average molecular weight is 787 g/mol. The van der Waals surface area contributed by atoms with Crippen molar-refractivity contribution in [1.82, 2.24) is 0 Å². The SMILES string of the molecule is c1ccc(N(c2ccccc2)c2ccc(-c3ccc4c(c3)oc3c5cc(-c6ccc(N(c7ccccc7)c7ccccc7)cc6)ccc5p(-c5ccccc5)c43)cc2)cc1. The fraction of sp³-hybridized carbons (Fsp3) is 0. The van der Waals surface area contributed by atoms with Crippen LogP contribution in [0.3, 0.4) is 0 Å². The van der Waals surface area contributed by atoms with Crippen molar-refractivity contribution in [3.05, 3.63) is 237 Å². The topological polar surface area (TPSA) is 19.6 Å². The Morgan fingerprint density at radius 2 is 0.700 bits per heavy atom. The van der Waals surface area contributed by atoms with Gasteiger partial charge >= 0.3 is 0 Å². The maximum atomic E-state index is 6.97. The standard InChI is InChI=1S/C56H39N2OP/c1-6-16-44(17-7-1)57(45-18-8-2-9-19-45)48-32-26-40(27-33-48)42-31-37-54-52(38-42)55-56(60(54)50-24-14-5-15-25-50)51-36-30-43(39-53(51)59-55)41-28-34-49(35-29-41)58(46-20-10-3-11-21-46)47-22-12-4-13-23-47/h1-39H. The van der Waals surface area contributed by atoms with Crippen molar-refractivity contribution < 1.29 is 4.42 Å². The first-order valence-corrected chi connectivity index (χ1v) is 21.7. The molecule has 2 heterocycles. The third-order valence-electron chi connectivity index (χ3n) is 11.4. The molecule has 3 nitrogen and oxygen atoms in total. The molecule has 284 valence electrons. The van der Waals surface area contributed by atoms with E-state index >= 15 is 0 Å². The van der Waals surface area contributed by atoms with E-state index in [-0.39, 0.29) is 0 Å². The quantitative estimate of drug-likeness (QED) is 0.145. The highest BCUT2D eigenvalue weighted by atomic mass is 31.1. The Hall–Kier alpha value is -7.58. The van der Waals surface area contributed by atoms with Gasteiger partial charge in [-0.3, -0.25) is 0 Å². The molecule has 0 spiro atoms. The van der Waals surface area contributed by atoms with Crippen LogP contribution in [-0.2, 0) is 0 Å². The summed E-state index contributed by atoms with van der Waals surface area (Å²) < 4.78 is 6.97. The van der Waals surface area contributed by atoms with Gasteiger partial charge in [0, 0.05) is 50.0 Å².